The first-order valence-corrected chi connectivity index (χ1v) is 10.1. The summed E-state index contributed by atoms with van der Waals surface area (Å²) in [6, 6.07) is 9.75. The number of urea groups is 1. The molecule has 1 aromatic heterocycles. The van der Waals surface area contributed by atoms with E-state index in [4.69, 9.17) is 5.11 Å². The van der Waals surface area contributed by atoms with Gasteiger partial charge < -0.3 is 15.7 Å². The van der Waals surface area contributed by atoms with E-state index in [-0.39, 0.29) is 10.2 Å². The minimum Gasteiger partial charge on any atom is -0.480 e. The van der Waals surface area contributed by atoms with Gasteiger partial charge in [0.2, 0.25) is 0 Å². The number of hydrogen-bond donors (Lipinski definition) is 4. The van der Waals surface area contributed by atoms with Gasteiger partial charge in [-0.25, -0.2) is 13.2 Å². The van der Waals surface area contributed by atoms with Gasteiger partial charge in [0.15, 0.2) is 0 Å². The highest BCUT2D eigenvalue weighted by molar-refractivity contribution is 7.91. The Bertz CT molecular complexity index is 893. The van der Waals surface area contributed by atoms with E-state index in [1.54, 1.807) is 30.3 Å². The molecule has 140 valence electrons. The number of anilines is 1. The second-order valence-corrected chi connectivity index (χ2v) is 8.38. The number of carboxylic acid groups (broad SMARTS) is 1. The van der Waals surface area contributed by atoms with Gasteiger partial charge >= 0.3 is 12.0 Å². The Morgan fingerprint density at radius 2 is 1.96 bits per heavy atom. The van der Waals surface area contributed by atoms with Gasteiger partial charge in [0.1, 0.15) is 10.8 Å². The number of rotatable bonds is 8. The molecule has 0 unspecified atom stereocenters. The SMILES string of the molecule is CCCNC(=O)Nc1cccc(-c2ccc(S(=O)(=O)NCC(=O)O)s2)c1. The van der Waals surface area contributed by atoms with E-state index in [9.17, 15) is 18.0 Å². The Balaban J connectivity index is 2.15. The normalized spacial score (nSPS) is 11.1. The van der Waals surface area contributed by atoms with Gasteiger partial charge in [-0.1, -0.05) is 19.1 Å². The second kappa shape index (κ2) is 8.79. The molecule has 1 aromatic carbocycles. The third-order valence-corrected chi connectivity index (χ3v) is 6.23. The monoisotopic (exact) mass is 397 g/mol. The molecule has 0 aliphatic rings. The zero-order valence-corrected chi connectivity index (χ0v) is 15.6. The first-order valence-electron chi connectivity index (χ1n) is 7.78. The zero-order chi connectivity index (χ0) is 19.2. The van der Waals surface area contributed by atoms with Gasteiger partial charge in [-0.05, 0) is 36.2 Å². The maximum atomic E-state index is 12.1. The van der Waals surface area contributed by atoms with E-state index < -0.39 is 22.5 Å². The molecule has 2 amide bonds. The lowest BCUT2D eigenvalue weighted by Gasteiger charge is -2.07. The van der Waals surface area contributed by atoms with Crippen molar-refractivity contribution in [3.63, 3.8) is 0 Å². The van der Waals surface area contributed by atoms with E-state index >= 15 is 0 Å². The van der Waals surface area contributed by atoms with E-state index in [1.807, 2.05) is 11.6 Å². The summed E-state index contributed by atoms with van der Waals surface area (Å²) in [5.41, 5.74) is 1.32. The summed E-state index contributed by atoms with van der Waals surface area (Å²) >= 11 is 1.01. The summed E-state index contributed by atoms with van der Waals surface area (Å²) < 4.78 is 26.2. The third kappa shape index (κ3) is 5.55. The van der Waals surface area contributed by atoms with Crippen LogP contribution >= 0.6 is 11.3 Å². The minimum atomic E-state index is -3.87. The number of carboxylic acids is 1. The molecule has 0 saturated carbocycles. The van der Waals surface area contributed by atoms with Crippen LogP contribution in [0.25, 0.3) is 10.4 Å². The third-order valence-electron chi connectivity index (χ3n) is 3.20. The number of aliphatic carboxylic acids is 1. The molecule has 0 fully saturated rings. The largest absolute Gasteiger partial charge is 0.480 e. The van der Waals surface area contributed by atoms with Crippen molar-refractivity contribution in [3.8, 4) is 10.4 Å². The van der Waals surface area contributed by atoms with Crippen molar-refractivity contribution >= 4 is 39.0 Å². The van der Waals surface area contributed by atoms with Crippen molar-refractivity contribution < 1.29 is 23.1 Å². The van der Waals surface area contributed by atoms with Crippen LogP contribution in [0.15, 0.2) is 40.6 Å². The molecule has 0 aliphatic carbocycles. The van der Waals surface area contributed by atoms with Crippen LogP contribution in [0.2, 0.25) is 0 Å². The van der Waals surface area contributed by atoms with Crippen molar-refractivity contribution in [2.75, 3.05) is 18.4 Å². The molecule has 10 heteroatoms. The molecule has 0 saturated heterocycles. The predicted octanol–water partition coefficient (Wildman–Crippen LogP) is 2.31. The van der Waals surface area contributed by atoms with E-state index in [1.165, 1.54) is 6.07 Å². The van der Waals surface area contributed by atoms with Crippen LogP contribution in [0.3, 0.4) is 0 Å². The van der Waals surface area contributed by atoms with Crippen LogP contribution in [0.4, 0.5) is 10.5 Å². The van der Waals surface area contributed by atoms with Crippen LogP contribution in [-0.4, -0.2) is 38.6 Å². The molecule has 0 bridgehead atoms. The first kappa shape index (κ1) is 19.9. The summed E-state index contributed by atoms with van der Waals surface area (Å²) in [5, 5.41) is 14.0. The fraction of sp³-hybridized carbons (Fsp3) is 0.250. The maximum Gasteiger partial charge on any atom is 0.319 e. The highest BCUT2D eigenvalue weighted by Crippen LogP contribution is 2.31. The topological polar surface area (TPSA) is 125 Å². The van der Waals surface area contributed by atoms with Crippen molar-refractivity contribution in [3.05, 3.63) is 36.4 Å². The number of carbonyl (C=O) groups excluding carboxylic acids is 1. The highest BCUT2D eigenvalue weighted by Gasteiger charge is 2.18. The van der Waals surface area contributed by atoms with Gasteiger partial charge in [-0.2, -0.15) is 4.72 Å². The number of hydrogen-bond acceptors (Lipinski definition) is 5. The van der Waals surface area contributed by atoms with Crippen LogP contribution < -0.4 is 15.4 Å². The number of amides is 2. The van der Waals surface area contributed by atoms with Crippen molar-refractivity contribution in [2.45, 2.75) is 17.6 Å². The molecular weight excluding hydrogens is 378 g/mol. The average Bonchev–Trinajstić information content (AvgIpc) is 3.09. The van der Waals surface area contributed by atoms with Gasteiger partial charge in [-0.3, -0.25) is 4.79 Å². The molecule has 1 heterocycles. The lowest BCUT2D eigenvalue weighted by Crippen LogP contribution is -2.29. The summed E-state index contributed by atoms with van der Waals surface area (Å²) in [6.07, 6.45) is 0.829. The average molecular weight is 397 g/mol. The molecule has 0 radical (unpaired) electrons. The Kier molecular flexibility index (Phi) is 6.72. The van der Waals surface area contributed by atoms with Crippen LogP contribution in [0.5, 0.6) is 0 Å². The van der Waals surface area contributed by atoms with Crippen molar-refractivity contribution in [1.82, 2.24) is 10.0 Å². The van der Waals surface area contributed by atoms with Gasteiger partial charge in [0.25, 0.3) is 10.0 Å². The number of thiophene rings is 1. The van der Waals surface area contributed by atoms with Gasteiger partial charge in [0, 0.05) is 17.1 Å². The lowest BCUT2D eigenvalue weighted by molar-refractivity contribution is -0.135. The van der Waals surface area contributed by atoms with Crippen LogP contribution in [0, 0.1) is 0 Å². The number of nitrogens with one attached hydrogen (secondary N) is 3. The quantitative estimate of drug-likeness (QED) is 0.544. The van der Waals surface area contributed by atoms with Crippen molar-refractivity contribution in [1.29, 1.82) is 0 Å². The second-order valence-electron chi connectivity index (χ2n) is 5.30. The maximum absolute atomic E-state index is 12.1. The molecule has 2 rings (SSSR count). The van der Waals surface area contributed by atoms with Crippen LogP contribution in [-0.2, 0) is 14.8 Å². The predicted molar refractivity (Wildman–Crippen MR) is 99.9 cm³/mol. The highest BCUT2D eigenvalue weighted by atomic mass is 32.2. The Morgan fingerprint density at radius 1 is 1.19 bits per heavy atom. The number of sulfonamides is 1. The molecule has 0 aliphatic heterocycles. The molecule has 8 nitrogen and oxygen atoms in total. The fourth-order valence-electron chi connectivity index (χ4n) is 2.01. The smallest absolute Gasteiger partial charge is 0.319 e. The van der Waals surface area contributed by atoms with Crippen molar-refractivity contribution in [2.24, 2.45) is 0 Å². The van der Waals surface area contributed by atoms with E-state index in [0.29, 0.717) is 17.1 Å². The standard InChI is InChI=1S/C16H19N3O5S2/c1-2-8-17-16(22)19-12-5-3-4-11(9-12)13-6-7-15(25-13)26(23,24)18-10-14(20)21/h3-7,9,18H,2,8,10H2,1H3,(H,20,21)(H2,17,19,22). The minimum absolute atomic E-state index is 0.0211. The molecule has 26 heavy (non-hydrogen) atoms. The number of carbonyl (C=O) groups is 2. The summed E-state index contributed by atoms with van der Waals surface area (Å²) in [4.78, 5) is 22.9. The van der Waals surface area contributed by atoms with E-state index in [0.717, 1.165) is 23.3 Å². The number of benzene rings is 1. The molecule has 2 aromatic rings. The van der Waals surface area contributed by atoms with Crippen LogP contribution in [0.1, 0.15) is 13.3 Å². The summed E-state index contributed by atoms with van der Waals surface area (Å²) in [7, 11) is -3.87. The summed E-state index contributed by atoms with van der Waals surface area (Å²) in [5.74, 6) is -1.26. The molecule has 0 atom stereocenters. The lowest BCUT2D eigenvalue weighted by atomic mass is 10.1. The Labute approximate surface area is 155 Å². The van der Waals surface area contributed by atoms with Gasteiger partial charge in [-0.15, -0.1) is 11.3 Å². The molecule has 4 N–H and O–H groups in total. The first-order chi connectivity index (χ1) is 12.3. The molecule has 0 spiro atoms. The zero-order valence-electron chi connectivity index (χ0n) is 14.0. The van der Waals surface area contributed by atoms with Gasteiger partial charge in [0.05, 0.1) is 0 Å². The van der Waals surface area contributed by atoms with E-state index in [2.05, 4.69) is 10.6 Å². The molecular formula is C16H19N3O5S2. The fourth-order valence-corrected chi connectivity index (χ4v) is 4.33. The summed E-state index contributed by atoms with van der Waals surface area (Å²) in [6.45, 7) is 1.84. The Morgan fingerprint density at radius 3 is 2.65 bits per heavy atom. The Hall–Kier alpha value is -2.43.